The molecule has 1 aliphatic heterocycles. The number of amides is 2. The highest BCUT2D eigenvalue weighted by atomic mass is 16.6. The largest absolute Gasteiger partial charge is 0.455 e. The molecule has 2 amide bonds. The predicted molar refractivity (Wildman–Crippen MR) is 127 cm³/mol. The minimum absolute atomic E-state index is 0.00929. The van der Waals surface area contributed by atoms with Crippen LogP contribution in [0.2, 0.25) is 0 Å². The number of nitrogens with zero attached hydrogens (tertiary/aromatic N) is 1. The molecule has 9 nitrogen and oxygen atoms in total. The van der Waals surface area contributed by atoms with Crippen LogP contribution in [0, 0.1) is 5.92 Å². The van der Waals surface area contributed by atoms with Gasteiger partial charge in [-0.3, -0.25) is 4.79 Å². The Hall–Kier alpha value is -3.07. The molecular weight excluding hydrogens is 438 g/mol. The monoisotopic (exact) mass is 475 g/mol. The molecule has 0 aromatic heterocycles. The fourth-order valence-corrected chi connectivity index (χ4v) is 3.19. The molecule has 0 unspecified atom stereocenters. The van der Waals surface area contributed by atoms with Crippen LogP contribution < -0.4 is 10.6 Å². The van der Waals surface area contributed by atoms with Crippen molar-refractivity contribution in [3.8, 4) is 0 Å². The molecule has 2 rings (SSSR count). The highest BCUT2D eigenvalue weighted by molar-refractivity contribution is 5.96. The molecule has 1 heterocycles. The van der Waals surface area contributed by atoms with Crippen LogP contribution in [0.3, 0.4) is 0 Å². The van der Waals surface area contributed by atoms with Gasteiger partial charge in [0.2, 0.25) is 5.91 Å². The number of rotatable bonds is 9. The van der Waals surface area contributed by atoms with E-state index in [9.17, 15) is 14.4 Å². The van der Waals surface area contributed by atoms with Crippen molar-refractivity contribution in [2.24, 2.45) is 5.92 Å². The fourth-order valence-electron chi connectivity index (χ4n) is 3.19. The standard InChI is InChI=1S/C25H37N3O6/c1-18(2)15-20(27-24(31)33-17-19-9-7-6-8-10-19)22(29)26-21(23(30)34-25(3,4)5)16-28-11-13-32-14-12-28/h6-10,16,18,20H,11-15,17H2,1-5H3,(H,26,29)(H,27,31)/b21-16-/t20-/m0/s1. The summed E-state index contributed by atoms with van der Waals surface area (Å²) in [5, 5.41) is 5.29. The lowest BCUT2D eigenvalue weighted by Gasteiger charge is -2.28. The summed E-state index contributed by atoms with van der Waals surface area (Å²) in [5.74, 6) is -1.06. The van der Waals surface area contributed by atoms with Crippen LogP contribution in [0.25, 0.3) is 0 Å². The van der Waals surface area contributed by atoms with Gasteiger partial charge in [0.25, 0.3) is 0 Å². The third kappa shape index (κ3) is 10.2. The molecule has 1 atom stereocenters. The maximum atomic E-state index is 13.1. The Labute approximate surface area is 201 Å². The second-order valence-corrected chi connectivity index (χ2v) is 9.57. The third-order valence-electron chi connectivity index (χ3n) is 4.76. The molecular formula is C25H37N3O6. The van der Waals surface area contributed by atoms with Crippen molar-refractivity contribution >= 4 is 18.0 Å². The van der Waals surface area contributed by atoms with Crippen molar-refractivity contribution in [1.29, 1.82) is 0 Å². The summed E-state index contributed by atoms with van der Waals surface area (Å²) in [7, 11) is 0. The van der Waals surface area contributed by atoms with Gasteiger partial charge >= 0.3 is 12.1 Å². The zero-order valence-electron chi connectivity index (χ0n) is 20.8. The Morgan fingerprint density at radius 1 is 1.12 bits per heavy atom. The van der Waals surface area contributed by atoms with Crippen LogP contribution in [0.15, 0.2) is 42.2 Å². The minimum Gasteiger partial charge on any atom is -0.455 e. The van der Waals surface area contributed by atoms with Gasteiger partial charge in [0.15, 0.2) is 0 Å². The van der Waals surface area contributed by atoms with Crippen molar-refractivity contribution < 1.29 is 28.6 Å². The number of ether oxygens (including phenoxy) is 3. The first-order chi connectivity index (χ1) is 16.0. The molecule has 0 aliphatic carbocycles. The Balaban J connectivity index is 2.10. The third-order valence-corrected chi connectivity index (χ3v) is 4.76. The summed E-state index contributed by atoms with van der Waals surface area (Å²) >= 11 is 0. The Kier molecular flexibility index (Phi) is 10.4. The molecule has 0 radical (unpaired) electrons. The summed E-state index contributed by atoms with van der Waals surface area (Å²) in [6.07, 6.45) is 1.24. The van der Waals surface area contributed by atoms with E-state index in [0.29, 0.717) is 32.7 Å². The van der Waals surface area contributed by atoms with E-state index in [-0.39, 0.29) is 18.2 Å². The Morgan fingerprint density at radius 2 is 1.76 bits per heavy atom. The lowest BCUT2D eigenvalue weighted by molar-refractivity contribution is -0.151. The molecule has 1 fully saturated rings. The van der Waals surface area contributed by atoms with Gasteiger partial charge in [0, 0.05) is 19.3 Å². The SMILES string of the molecule is CC(C)C[C@H](NC(=O)OCc1ccccc1)C(=O)N/C(=C\N1CCOCC1)C(=O)OC(C)(C)C. The van der Waals surface area contributed by atoms with Crippen molar-refractivity contribution in [1.82, 2.24) is 15.5 Å². The molecule has 188 valence electrons. The van der Waals surface area contributed by atoms with Crippen LogP contribution in [0.4, 0.5) is 4.79 Å². The van der Waals surface area contributed by atoms with Gasteiger partial charge in [-0.2, -0.15) is 0 Å². The molecule has 1 aromatic rings. The summed E-state index contributed by atoms with van der Waals surface area (Å²) in [6.45, 7) is 11.5. The number of alkyl carbamates (subject to hydrolysis) is 1. The molecule has 0 bridgehead atoms. The first kappa shape index (κ1) is 27.2. The van der Waals surface area contributed by atoms with Crippen molar-refractivity contribution in [3.05, 3.63) is 47.8 Å². The number of benzene rings is 1. The molecule has 9 heteroatoms. The van der Waals surface area contributed by atoms with E-state index in [2.05, 4.69) is 10.6 Å². The van der Waals surface area contributed by atoms with Gasteiger partial charge in [-0.1, -0.05) is 44.2 Å². The van der Waals surface area contributed by atoms with Crippen molar-refractivity contribution in [3.63, 3.8) is 0 Å². The predicted octanol–water partition coefficient (Wildman–Crippen LogP) is 2.96. The molecule has 34 heavy (non-hydrogen) atoms. The summed E-state index contributed by atoms with van der Waals surface area (Å²) in [6, 6.07) is 8.37. The lowest BCUT2D eigenvalue weighted by atomic mass is 10.0. The normalized spacial score (nSPS) is 15.5. The number of hydrogen-bond donors (Lipinski definition) is 2. The van der Waals surface area contributed by atoms with E-state index in [1.54, 1.807) is 27.0 Å². The minimum atomic E-state index is -0.890. The number of nitrogens with one attached hydrogen (secondary N) is 2. The quantitative estimate of drug-likeness (QED) is 0.418. The molecule has 0 spiro atoms. The first-order valence-corrected chi connectivity index (χ1v) is 11.6. The topological polar surface area (TPSA) is 106 Å². The van der Waals surface area contributed by atoms with Crippen molar-refractivity contribution in [2.45, 2.75) is 59.3 Å². The van der Waals surface area contributed by atoms with E-state index in [1.807, 2.05) is 49.1 Å². The summed E-state index contributed by atoms with van der Waals surface area (Å²) in [5.41, 5.74) is 0.112. The smallest absolute Gasteiger partial charge is 0.408 e. The van der Waals surface area contributed by atoms with E-state index < -0.39 is 29.6 Å². The van der Waals surface area contributed by atoms with E-state index in [0.717, 1.165) is 5.56 Å². The average Bonchev–Trinajstić information content (AvgIpc) is 2.76. The van der Waals surface area contributed by atoms with Crippen LogP contribution in [0.5, 0.6) is 0 Å². The maximum Gasteiger partial charge on any atom is 0.408 e. The van der Waals surface area contributed by atoms with Crippen molar-refractivity contribution in [2.75, 3.05) is 26.3 Å². The number of morpholine rings is 1. The molecule has 1 aliphatic rings. The molecule has 1 aromatic carbocycles. The summed E-state index contributed by atoms with van der Waals surface area (Å²) < 4.78 is 16.1. The first-order valence-electron chi connectivity index (χ1n) is 11.6. The highest BCUT2D eigenvalue weighted by Crippen LogP contribution is 2.13. The molecule has 2 N–H and O–H groups in total. The van der Waals surface area contributed by atoms with Crippen LogP contribution >= 0.6 is 0 Å². The molecule has 1 saturated heterocycles. The Morgan fingerprint density at radius 3 is 2.35 bits per heavy atom. The van der Waals surface area contributed by atoms with Crippen LogP contribution in [-0.4, -0.2) is 60.8 Å². The molecule has 0 saturated carbocycles. The van der Waals surface area contributed by atoms with E-state index in [4.69, 9.17) is 14.2 Å². The number of carbonyl (C=O) groups is 3. The average molecular weight is 476 g/mol. The zero-order chi connectivity index (χ0) is 25.1. The number of hydrogen-bond acceptors (Lipinski definition) is 7. The van der Waals surface area contributed by atoms with Gasteiger partial charge in [0.1, 0.15) is 23.9 Å². The second-order valence-electron chi connectivity index (χ2n) is 9.57. The zero-order valence-corrected chi connectivity index (χ0v) is 20.8. The number of esters is 1. The Bertz CT molecular complexity index is 842. The van der Waals surface area contributed by atoms with E-state index in [1.165, 1.54) is 0 Å². The van der Waals surface area contributed by atoms with E-state index >= 15 is 0 Å². The highest BCUT2D eigenvalue weighted by Gasteiger charge is 2.28. The van der Waals surface area contributed by atoms with Gasteiger partial charge in [-0.25, -0.2) is 9.59 Å². The maximum absolute atomic E-state index is 13.1. The van der Waals surface area contributed by atoms with Gasteiger partial charge < -0.3 is 29.7 Å². The van der Waals surface area contributed by atoms with Gasteiger partial charge in [-0.15, -0.1) is 0 Å². The van der Waals surface area contributed by atoms with Gasteiger partial charge in [-0.05, 0) is 38.7 Å². The van der Waals surface area contributed by atoms with Gasteiger partial charge in [0.05, 0.1) is 13.2 Å². The van der Waals surface area contributed by atoms with Crippen LogP contribution in [-0.2, 0) is 30.4 Å². The fraction of sp³-hybridized carbons (Fsp3) is 0.560. The summed E-state index contributed by atoms with van der Waals surface area (Å²) in [4.78, 5) is 40.2. The number of carbonyl (C=O) groups excluding carboxylic acids is 3. The second kappa shape index (κ2) is 13.0. The lowest BCUT2D eigenvalue weighted by Crippen LogP contribution is -2.48. The van der Waals surface area contributed by atoms with Crippen LogP contribution in [0.1, 0.15) is 46.6 Å².